The van der Waals surface area contributed by atoms with Gasteiger partial charge in [-0.3, -0.25) is 4.79 Å². The summed E-state index contributed by atoms with van der Waals surface area (Å²) < 4.78 is 2.28. The Morgan fingerprint density at radius 1 is 1.16 bits per heavy atom. The third-order valence-electron chi connectivity index (χ3n) is 4.81. The van der Waals surface area contributed by atoms with Crippen LogP contribution in [0.5, 0.6) is 0 Å². The molecule has 2 nitrogen and oxygen atoms in total. The van der Waals surface area contributed by atoms with E-state index in [0.29, 0.717) is 0 Å². The minimum atomic E-state index is 0.164. The SMILES string of the molecule is CCCn1c(C)c(C(=O)/C(=C/c2ccsc2C)CC)c2ccccc21. The van der Waals surface area contributed by atoms with E-state index in [9.17, 15) is 4.79 Å². The summed E-state index contributed by atoms with van der Waals surface area (Å²) in [6.45, 7) is 9.35. The summed E-state index contributed by atoms with van der Waals surface area (Å²) in [6.07, 6.45) is 3.86. The standard InChI is InChI=1S/C22H25NOS/c1-5-12-23-15(3)21(19-9-7-8-10-20(19)23)22(24)17(6-2)14-18-11-13-25-16(18)4/h7-11,13-14H,5-6,12H2,1-4H3/b17-14+. The molecule has 0 unspecified atom stereocenters. The Bertz CT molecular complexity index is 942. The number of para-hydroxylation sites is 1. The number of hydrogen-bond donors (Lipinski definition) is 0. The van der Waals surface area contributed by atoms with Gasteiger partial charge in [0, 0.05) is 33.6 Å². The number of Topliss-reactive ketones (excluding diaryl/α,β-unsaturated/α-hetero) is 1. The number of hydrogen-bond acceptors (Lipinski definition) is 2. The Kier molecular flexibility index (Phi) is 5.24. The summed E-state index contributed by atoms with van der Waals surface area (Å²) in [4.78, 5) is 14.6. The average Bonchev–Trinajstić information content (AvgIpc) is 3.14. The van der Waals surface area contributed by atoms with Gasteiger partial charge in [-0.15, -0.1) is 11.3 Å². The molecule has 3 heteroatoms. The van der Waals surface area contributed by atoms with Gasteiger partial charge in [0.15, 0.2) is 5.78 Å². The number of nitrogens with zero attached hydrogens (tertiary/aromatic N) is 1. The molecule has 0 atom stereocenters. The van der Waals surface area contributed by atoms with Crippen molar-refractivity contribution in [2.24, 2.45) is 0 Å². The fourth-order valence-electron chi connectivity index (χ4n) is 3.45. The minimum absolute atomic E-state index is 0.164. The number of carbonyl (C=O) groups excluding carboxylic acids is 1. The van der Waals surface area contributed by atoms with Crippen molar-refractivity contribution < 1.29 is 4.79 Å². The van der Waals surface area contributed by atoms with Crippen molar-refractivity contribution in [3.05, 3.63) is 63.0 Å². The van der Waals surface area contributed by atoms with E-state index in [1.807, 2.05) is 12.1 Å². The minimum Gasteiger partial charge on any atom is -0.344 e. The summed E-state index contributed by atoms with van der Waals surface area (Å²) in [7, 11) is 0. The van der Waals surface area contributed by atoms with Gasteiger partial charge in [0.25, 0.3) is 0 Å². The van der Waals surface area contributed by atoms with Crippen molar-refractivity contribution in [2.45, 2.75) is 47.1 Å². The Hall–Kier alpha value is -2.13. The van der Waals surface area contributed by atoms with Crippen molar-refractivity contribution in [1.82, 2.24) is 4.57 Å². The van der Waals surface area contributed by atoms with E-state index in [0.717, 1.165) is 52.7 Å². The van der Waals surface area contributed by atoms with Crippen molar-refractivity contribution in [3.8, 4) is 0 Å². The van der Waals surface area contributed by atoms with Crippen LogP contribution < -0.4 is 0 Å². The molecule has 0 aliphatic carbocycles. The zero-order valence-corrected chi connectivity index (χ0v) is 16.2. The zero-order chi connectivity index (χ0) is 18.0. The van der Waals surface area contributed by atoms with Gasteiger partial charge in [0.2, 0.25) is 0 Å². The highest BCUT2D eigenvalue weighted by Crippen LogP contribution is 2.30. The van der Waals surface area contributed by atoms with Crippen LogP contribution in [0.4, 0.5) is 0 Å². The maximum absolute atomic E-state index is 13.4. The maximum atomic E-state index is 13.4. The Morgan fingerprint density at radius 2 is 1.92 bits per heavy atom. The Labute approximate surface area is 153 Å². The third kappa shape index (κ3) is 3.21. The van der Waals surface area contributed by atoms with Crippen LogP contribution in [-0.4, -0.2) is 10.4 Å². The average molecular weight is 352 g/mol. The first-order chi connectivity index (χ1) is 12.1. The first-order valence-corrected chi connectivity index (χ1v) is 9.83. The highest BCUT2D eigenvalue weighted by Gasteiger charge is 2.21. The molecule has 0 aliphatic heterocycles. The second-order valence-corrected chi connectivity index (χ2v) is 7.53. The van der Waals surface area contributed by atoms with E-state index in [1.165, 1.54) is 4.88 Å². The number of aryl methyl sites for hydroxylation is 2. The van der Waals surface area contributed by atoms with Gasteiger partial charge >= 0.3 is 0 Å². The molecule has 25 heavy (non-hydrogen) atoms. The second kappa shape index (κ2) is 7.40. The number of ketones is 1. The number of aromatic nitrogens is 1. The fraction of sp³-hybridized carbons (Fsp3) is 0.318. The molecule has 130 valence electrons. The van der Waals surface area contributed by atoms with E-state index >= 15 is 0 Å². The van der Waals surface area contributed by atoms with E-state index in [-0.39, 0.29) is 5.78 Å². The molecule has 1 aromatic carbocycles. The van der Waals surface area contributed by atoms with Gasteiger partial charge in [0.1, 0.15) is 0 Å². The molecule has 3 rings (SSSR count). The third-order valence-corrected chi connectivity index (χ3v) is 5.67. The molecular weight excluding hydrogens is 326 g/mol. The van der Waals surface area contributed by atoms with Gasteiger partial charge in [-0.25, -0.2) is 0 Å². The quantitative estimate of drug-likeness (QED) is 0.372. The lowest BCUT2D eigenvalue weighted by atomic mass is 9.97. The molecule has 0 amide bonds. The number of allylic oxidation sites excluding steroid dienone is 1. The summed E-state index contributed by atoms with van der Waals surface area (Å²) in [5, 5.41) is 3.15. The second-order valence-electron chi connectivity index (χ2n) is 6.41. The lowest BCUT2D eigenvalue weighted by Crippen LogP contribution is -2.06. The van der Waals surface area contributed by atoms with E-state index in [1.54, 1.807) is 11.3 Å². The largest absolute Gasteiger partial charge is 0.344 e. The summed E-state index contributed by atoms with van der Waals surface area (Å²) in [5.41, 5.74) is 5.14. The molecule has 0 radical (unpaired) electrons. The zero-order valence-electron chi connectivity index (χ0n) is 15.4. The van der Waals surface area contributed by atoms with Gasteiger partial charge in [-0.2, -0.15) is 0 Å². The van der Waals surface area contributed by atoms with Crippen LogP contribution in [0.1, 0.15) is 53.2 Å². The lowest BCUT2D eigenvalue weighted by Gasteiger charge is -2.08. The van der Waals surface area contributed by atoms with Crippen LogP contribution in [0.3, 0.4) is 0 Å². The number of rotatable bonds is 6. The predicted octanol–water partition coefficient (Wildman–Crippen LogP) is 6.41. The van der Waals surface area contributed by atoms with Gasteiger partial charge in [-0.1, -0.05) is 32.0 Å². The molecule has 0 bridgehead atoms. The molecule has 0 aliphatic rings. The van der Waals surface area contributed by atoms with Gasteiger partial charge in [-0.05, 0) is 55.8 Å². The highest BCUT2D eigenvalue weighted by atomic mass is 32.1. The smallest absolute Gasteiger partial charge is 0.191 e. The topological polar surface area (TPSA) is 22.0 Å². The van der Waals surface area contributed by atoms with Crippen LogP contribution in [-0.2, 0) is 6.54 Å². The van der Waals surface area contributed by atoms with Crippen LogP contribution in [0.25, 0.3) is 17.0 Å². The van der Waals surface area contributed by atoms with E-state index < -0.39 is 0 Å². The van der Waals surface area contributed by atoms with Gasteiger partial charge < -0.3 is 4.57 Å². The Balaban J connectivity index is 2.15. The number of benzene rings is 1. The van der Waals surface area contributed by atoms with Crippen LogP contribution in [0, 0.1) is 13.8 Å². The summed E-state index contributed by atoms with van der Waals surface area (Å²) >= 11 is 1.72. The summed E-state index contributed by atoms with van der Waals surface area (Å²) in [5.74, 6) is 0.164. The monoisotopic (exact) mass is 351 g/mol. The number of thiophene rings is 1. The van der Waals surface area contributed by atoms with Crippen molar-refractivity contribution in [3.63, 3.8) is 0 Å². The molecule has 0 fully saturated rings. The van der Waals surface area contributed by atoms with Crippen molar-refractivity contribution >= 4 is 34.1 Å². The molecule has 0 saturated carbocycles. The van der Waals surface area contributed by atoms with Crippen LogP contribution in [0.15, 0.2) is 41.3 Å². The molecule has 3 aromatic rings. The van der Waals surface area contributed by atoms with E-state index in [4.69, 9.17) is 0 Å². The number of carbonyl (C=O) groups is 1. The molecule has 0 saturated heterocycles. The molecule has 2 heterocycles. The normalized spacial score (nSPS) is 12.1. The Morgan fingerprint density at radius 3 is 2.56 bits per heavy atom. The predicted molar refractivity (Wildman–Crippen MR) is 109 cm³/mol. The van der Waals surface area contributed by atoms with Crippen molar-refractivity contribution in [2.75, 3.05) is 0 Å². The summed E-state index contributed by atoms with van der Waals surface area (Å²) in [6, 6.07) is 10.4. The van der Waals surface area contributed by atoms with Gasteiger partial charge in [0.05, 0.1) is 5.56 Å². The fourth-order valence-corrected chi connectivity index (χ4v) is 4.13. The molecule has 0 N–H and O–H groups in total. The van der Waals surface area contributed by atoms with Crippen LogP contribution >= 0.6 is 11.3 Å². The number of fused-ring (bicyclic) bond motifs is 1. The van der Waals surface area contributed by atoms with Crippen molar-refractivity contribution in [1.29, 1.82) is 0 Å². The molecular formula is C22H25NOS. The van der Waals surface area contributed by atoms with E-state index in [2.05, 4.69) is 61.9 Å². The first-order valence-electron chi connectivity index (χ1n) is 8.95. The maximum Gasteiger partial charge on any atom is 0.191 e. The molecule has 2 aromatic heterocycles. The lowest BCUT2D eigenvalue weighted by molar-refractivity contribution is 0.103. The first kappa shape index (κ1) is 17.7. The van der Waals surface area contributed by atoms with Crippen LogP contribution in [0.2, 0.25) is 0 Å². The molecule has 0 spiro atoms. The highest BCUT2D eigenvalue weighted by molar-refractivity contribution is 7.10.